The van der Waals surface area contributed by atoms with Crippen LogP contribution in [0.2, 0.25) is 10.0 Å². The van der Waals surface area contributed by atoms with Gasteiger partial charge in [0.1, 0.15) is 5.69 Å². The van der Waals surface area contributed by atoms with Crippen LogP contribution in [0.5, 0.6) is 0 Å². The summed E-state index contributed by atoms with van der Waals surface area (Å²) < 4.78 is 0. The van der Waals surface area contributed by atoms with Crippen molar-refractivity contribution in [3.05, 3.63) is 88.2 Å². The van der Waals surface area contributed by atoms with Crippen LogP contribution in [0.4, 0.5) is 11.4 Å². The van der Waals surface area contributed by atoms with Crippen molar-refractivity contribution in [1.29, 1.82) is 0 Å². The van der Waals surface area contributed by atoms with Crippen molar-refractivity contribution >= 4 is 40.5 Å². The summed E-state index contributed by atoms with van der Waals surface area (Å²) in [5, 5.41) is 6.94. The Morgan fingerprint density at radius 1 is 0.923 bits per heavy atom. The molecule has 0 radical (unpaired) electrons. The van der Waals surface area contributed by atoms with Crippen LogP contribution < -0.4 is 10.6 Å². The molecule has 0 aliphatic rings. The van der Waals surface area contributed by atoms with E-state index in [0.29, 0.717) is 21.4 Å². The first-order chi connectivity index (χ1) is 12.6. The molecule has 4 nitrogen and oxygen atoms in total. The van der Waals surface area contributed by atoms with Crippen molar-refractivity contribution in [2.24, 2.45) is 0 Å². The number of benzene rings is 2. The van der Waals surface area contributed by atoms with Gasteiger partial charge in [-0.05, 0) is 42.3 Å². The number of rotatable bonds is 6. The summed E-state index contributed by atoms with van der Waals surface area (Å²) in [5.74, 6) is -0.320. The fraction of sp³-hybridized carbons (Fsp3) is 0.100. The second kappa shape index (κ2) is 8.70. The van der Waals surface area contributed by atoms with E-state index in [-0.39, 0.29) is 5.91 Å². The fourth-order valence-electron chi connectivity index (χ4n) is 2.45. The van der Waals surface area contributed by atoms with E-state index in [1.165, 1.54) is 5.56 Å². The third-order valence-electron chi connectivity index (χ3n) is 3.70. The lowest BCUT2D eigenvalue weighted by Gasteiger charge is -2.08. The van der Waals surface area contributed by atoms with Gasteiger partial charge < -0.3 is 10.6 Å². The Morgan fingerprint density at radius 2 is 1.65 bits per heavy atom. The molecule has 0 unspecified atom stereocenters. The minimum Gasteiger partial charge on any atom is -0.383 e. The summed E-state index contributed by atoms with van der Waals surface area (Å²) in [7, 11) is 0. The van der Waals surface area contributed by atoms with Gasteiger partial charge >= 0.3 is 0 Å². The average Bonchev–Trinajstić information content (AvgIpc) is 2.62. The third-order valence-corrected chi connectivity index (χ3v) is 4.14. The van der Waals surface area contributed by atoms with Crippen LogP contribution in [0.15, 0.2) is 66.9 Å². The second-order valence-corrected chi connectivity index (χ2v) is 6.58. The molecule has 0 aliphatic heterocycles. The predicted octanol–water partition coefficient (Wildman–Crippen LogP) is 5.30. The first-order valence-corrected chi connectivity index (χ1v) is 8.87. The molecule has 0 fully saturated rings. The Morgan fingerprint density at radius 3 is 2.31 bits per heavy atom. The highest BCUT2D eigenvalue weighted by Gasteiger charge is 2.09. The molecule has 2 aromatic carbocycles. The van der Waals surface area contributed by atoms with Crippen LogP contribution in [0.1, 0.15) is 16.1 Å². The number of nitrogens with one attached hydrogen (secondary N) is 2. The highest BCUT2D eigenvalue weighted by molar-refractivity contribution is 6.35. The fourth-order valence-corrected chi connectivity index (χ4v) is 2.98. The smallest absolute Gasteiger partial charge is 0.274 e. The van der Waals surface area contributed by atoms with E-state index >= 15 is 0 Å². The predicted molar refractivity (Wildman–Crippen MR) is 107 cm³/mol. The van der Waals surface area contributed by atoms with Gasteiger partial charge in [-0.2, -0.15) is 0 Å². The molecular weight excluding hydrogens is 369 g/mol. The molecule has 0 spiro atoms. The van der Waals surface area contributed by atoms with Gasteiger partial charge in [-0.15, -0.1) is 0 Å². The number of carbonyl (C=O) groups is 1. The number of pyridine rings is 1. The molecule has 6 heteroatoms. The minimum atomic E-state index is -0.320. The molecule has 2 N–H and O–H groups in total. The van der Waals surface area contributed by atoms with E-state index in [1.807, 2.05) is 24.3 Å². The normalized spacial score (nSPS) is 10.4. The highest BCUT2D eigenvalue weighted by atomic mass is 35.5. The van der Waals surface area contributed by atoms with E-state index < -0.39 is 0 Å². The number of hydrogen-bond acceptors (Lipinski definition) is 3. The maximum Gasteiger partial charge on any atom is 0.274 e. The second-order valence-electron chi connectivity index (χ2n) is 5.71. The molecule has 26 heavy (non-hydrogen) atoms. The van der Waals surface area contributed by atoms with Crippen LogP contribution in [-0.2, 0) is 6.42 Å². The highest BCUT2D eigenvalue weighted by Crippen LogP contribution is 2.22. The minimum absolute atomic E-state index is 0.315. The Kier molecular flexibility index (Phi) is 6.10. The molecule has 3 rings (SSSR count). The zero-order chi connectivity index (χ0) is 18.4. The largest absolute Gasteiger partial charge is 0.383 e. The number of anilines is 2. The van der Waals surface area contributed by atoms with Crippen LogP contribution in [0.3, 0.4) is 0 Å². The number of halogens is 2. The maximum absolute atomic E-state index is 12.3. The van der Waals surface area contributed by atoms with Gasteiger partial charge in [-0.1, -0.05) is 53.5 Å². The maximum atomic E-state index is 12.3. The van der Waals surface area contributed by atoms with Gasteiger partial charge in [0.2, 0.25) is 0 Å². The van der Waals surface area contributed by atoms with Gasteiger partial charge in [0.25, 0.3) is 5.91 Å². The molecule has 3 aromatic rings. The monoisotopic (exact) mass is 385 g/mol. The summed E-state index contributed by atoms with van der Waals surface area (Å²) in [6, 6.07) is 18.6. The molecule has 132 valence electrons. The topological polar surface area (TPSA) is 54.0 Å². The van der Waals surface area contributed by atoms with Gasteiger partial charge in [0, 0.05) is 22.3 Å². The Bertz CT molecular complexity index is 863. The van der Waals surface area contributed by atoms with Gasteiger partial charge in [-0.3, -0.25) is 4.79 Å². The molecule has 0 bridgehead atoms. The molecule has 0 aliphatic carbocycles. The van der Waals surface area contributed by atoms with Crippen molar-refractivity contribution < 1.29 is 4.79 Å². The zero-order valence-corrected chi connectivity index (χ0v) is 15.4. The first kappa shape index (κ1) is 18.2. The van der Waals surface area contributed by atoms with E-state index in [0.717, 1.165) is 18.7 Å². The Labute approximate surface area is 162 Å². The van der Waals surface area contributed by atoms with Crippen molar-refractivity contribution in [3.8, 4) is 0 Å². The summed E-state index contributed by atoms with van der Waals surface area (Å²) in [4.78, 5) is 16.5. The SMILES string of the molecule is O=C(Nc1cc(Cl)cc(Cl)c1)c1ccc(NCCc2ccccc2)cn1. The Balaban J connectivity index is 1.55. The van der Waals surface area contributed by atoms with Gasteiger partial charge in [0.05, 0.1) is 11.9 Å². The van der Waals surface area contributed by atoms with Crippen LogP contribution >= 0.6 is 23.2 Å². The molecule has 0 saturated carbocycles. The summed E-state index contributed by atoms with van der Waals surface area (Å²) >= 11 is 11.9. The van der Waals surface area contributed by atoms with Gasteiger partial charge in [0.15, 0.2) is 0 Å². The van der Waals surface area contributed by atoms with Crippen LogP contribution in [0, 0.1) is 0 Å². The lowest BCUT2D eigenvalue weighted by Crippen LogP contribution is -2.14. The number of nitrogens with zero attached hydrogens (tertiary/aromatic N) is 1. The Hall–Kier alpha value is -2.56. The molecule has 1 amide bonds. The van der Waals surface area contributed by atoms with E-state index in [2.05, 4.69) is 27.8 Å². The van der Waals surface area contributed by atoms with Crippen molar-refractivity contribution in [2.45, 2.75) is 6.42 Å². The lowest BCUT2D eigenvalue weighted by atomic mass is 10.1. The summed E-state index contributed by atoms with van der Waals surface area (Å²) in [6.07, 6.45) is 2.56. The van der Waals surface area contributed by atoms with E-state index in [1.54, 1.807) is 30.5 Å². The van der Waals surface area contributed by atoms with Crippen molar-refractivity contribution in [1.82, 2.24) is 4.98 Å². The summed E-state index contributed by atoms with van der Waals surface area (Å²) in [5.41, 5.74) is 2.97. The number of carbonyl (C=O) groups excluding carboxylic acids is 1. The standard InChI is InChI=1S/C20H17Cl2N3O/c21-15-10-16(22)12-18(11-15)25-20(26)19-7-6-17(13-24-19)23-9-8-14-4-2-1-3-5-14/h1-7,10-13,23H,8-9H2,(H,25,26). The number of amides is 1. The molecular formula is C20H17Cl2N3O. The zero-order valence-electron chi connectivity index (χ0n) is 13.9. The number of hydrogen-bond donors (Lipinski definition) is 2. The quantitative estimate of drug-likeness (QED) is 0.605. The first-order valence-electron chi connectivity index (χ1n) is 8.11. The molecule has 1 heterocycles. The average molecular weight is 386 g/mol. The number of aromatic nitrogens is 1. The van der Waals surface area contributed by atoms with E-state index in [4.69, 9.17) is 23.2 Å². The van der Waals surface area contributed by atoms with Gasteiger partial charge in [-0.25, -0.2) is 4.98 Å². The lowest BCUT2D eigenvalue weighted by molar-refractivity contribution is 0.102. The summed E-state index contributed by atoms with van der Waals surface area (Å²) in [6.45, 7) is 0.790. The molecule has 1 aromatic heterocycles. The van der Waals surface area contributed by atoms with Crippen LogP contribution in [0.25, 0.3) is 0 Å². The third kappa shape index (κ3) is 5.22. The van der Waals surface area contributed by atoms with Crippen molar-refractivity contribution in [2.75, 3.05) is 17.2 Å². The molecule has 0 saturated heterocycles. The van der Waals surface area contributed by atoms with E-state index in [9.17, 15) is 4.79 Å². The van der Waals surface area contributed by atoms with Crippen LogP contribution in [-0.4, -0.2) is 17.4 Å². The molecule has 0 atom stereocenters. The van der Waals surface area contributed by atoms with Crippen molar-refractivity contribution in [3.63, 3.8) is 0 Å².